The standard InChI is InChI=1S/C12H12ClNO/c1-6-4-9-10(13)5-7(2)14-11(9)8(3)12(6)15/h4-5,15H,1-3H3. The van der Waals surface area contributed by atoms with E-state index in [0.717, 1.165) is 27.7 Å². The van der Waals surface area contributed by atoms with E-state index in [9.17, 15) is 5.11 Å². The molecule has 2 rings (SSSR count). The predicted octanol–water partition coefficient (Wildman–Crippen LogP) is 3.52. The highest BCUT2D eigenvalue weighted by Crippen LogP contribution is 2.32. The highest BCUT2D eigenvalue weighted by atomic mass is 35.5. The molecule has 0 spiro atoms. The molecule has 0 unspecified atom stereocenters. The molecular formula is C12H12ClNO. The first-order valence-corrected chi connectivity index (χ1v) is 5.14. The van der Waals surface area contributed by atoms with Gasteiger partial charge in [-0.05, 0) is 38.5 Å². The Morgan fingerprint density at radius 1 is 1.20 bits per heavy atom. The third kappa shape index (κ3) is 1.55. The molecular weight excluding hydrogens is 210 g/mol. The lowest BCUT2D eigenvalue weighted by Gasteiger charge is -2.09. The van der Waals surface area contributed by atoms with Gasteiger partial charge in [0.05, 0.1) is 10.5 Å². The molecule has 2 aromatic rings. The Balaban J connectivity index is 2.98. The molecule has 1 aromatic heterocycles. The average Bonchev–Trinajstić information content (AvgIpc) is 2.17. The van der Waals surface area contributed by atoms with Crippen molar-refractivity contribution in [3.05, 3.63) is 34.0 Å². The number of hydrogen-bond acceptors (Lipinski definition) is 2. The summed E-state index contributed by atoms with van der Waals surface area (Å²) in [6.07, 6.45) is 0. The zero-order chi connectivity index (χ0) is 11.2. The lowest BCUT2D eigenvalue weighted by atomic mass is 10.0. The van der Waals surface area contributed by atoms with Gasteiger partial charge in [-0.1, -0.05) is 11.6 Å². The molecule has 0 aliphatic heterocycles. The number of pyridine rings is 1. The summed E-state index contributed by atoms with van der Waals surface area (Å²) in [4.78, 5) is 4.39. The second-order valence-electron chi connectivity index (χ2n) is 3.81. The zero-order valence-corrected chi connectivity index (χ0v) is 9.68. The van der Waals surface area contributed by atoms with Gasteiger partial charge in [-0.15, -0.1) is 0 Å². The van der Waals surface area contributed by atoms with Gasteiger partial charge in [0.1, 0.15) is 5.75 Å². The highest BCUT2D eigenvalue weighted by Gasteiger charge is 2.10. The molecule has 78 valence electrons. The Bertz CT molecular complexity index is 549. The van der Waals surface area contributed by atoms with Gasteiger partial charge in [0.2, 0.25) is 0 Å². The quantitative estimate of drug-likeness (QED) is 0.739. The van der Waals surface area contributed by atoms with Crippen LogP contribution >= 0.6 is 11.6 Å². The molecule has 0 atom stereocenters. The minimum absolute atomic E-state index is 0.302. The molecule has 3 heteroatoms. The van der Waals surface area contributed by atoms with Crippen LogP contribution in [0, 0.1) is 20.8 Å². The van der Waals surface area contributed by atoms with Crippen LogP contribution in [0.1, 0.15) is 16.8 Å². The van der Waals surface area contributed by atoms with E-state index in [1.54, 1.807) is 0 Å². The summed E-state index contributed by atoms with van der Waals surface area (Å²) >= 11 is 6.14. The number of fused-ring (bicyclic) bond motifs is 1. The Labute approximate surface area is 93.5 Å². The van der Waals surface area contributed by atoms with Gasteiger partial charge in [-0.2, -0.15) is 0 Å². The van der Waals surface area contributed by atoms with Gasteiger partial charge in [0, 0.05) is 16.6 Å². The number of benzene rings is 1. The van der Waals surface area contributed by atoms with Crippen molar-refractivity contribution in [1.82, 2.24) is 4.98 Å². The molecule has 1 N–H and O–H groups in total. The van der Waals surface area contributed by atoms with Crippen molar-refractivity contribution in [3.63, 3.8) is 0 Å². The fourth-order valence-corrected chi connectivity index (χ4v) is 2.06. The van der Waals surface area contributed by atoms with Gasteiger partial charge in [0.15, 0.2) is 0 Å². The van der Waals surface area contributed by atoms with Crippen molar-refractivity contribution in [2.45, 2.75) is 20.8 Å². The molecule has 1 heterocycles. The predicted molar refractivity (Wildman–Crippen MR) is 62.6 cm³/mol. The number of hydrogen-bond donors (Lipinski definition) is 1. The van der Waals surface area contributed by atoms with E-state index in [-0.39, 0.29) is 0 Å². The van der Waals surface area contributed by atoms with E-state index in [1.165, 1.54) is 0 Å². The smallest absolute Gasteiger partial charge is 0.123 e. The van der Waals surface area contributed by atoms with E-state index in [2.05, 4.69) is 4.98 Å². The number of nitrogens with zero attached hydrogens (tertiary/aromatic N) is 1. The summed E-state index contributed by atoms with van der Waals surface area (Å²) in [6.45, 7) is 5.60. The molecule has 0 aliphatic rings. The van der Waals surface area contributed by atoms with Gasteiger partial charge in [-0.3, -0.25) is 4.98 Å². The SMILES string of the molecule is Cc1cc(Cl)c2cc(C)c(O)c(C)c2n1. The first-order chi connectivity index (χ1) is 7.00. The highest BCUT2D eigenvalue weighted by molar-refractivity contribution is 6.35. The summed E-state index contributed by atoms with van der Waals surface area (Å²) in [5.41, 5.74) is 3.25. The number of halogens is 1. The number of aromatic hydroxyl groups is 1. The summed E-state index contributed by atoms with van der Waals surface area (Å²) in [5.74, 6) is 0.302. The van der Waals surface area contributed by atoms with E-state index >= 15 is 0 Å². The molecule has 0 saturated carbocycles. The van der Waals surface area contributed by atoms with Crippen molar-refractivity contribution in [2.24, 2.45) is 0 Å². The summed E-state index contributed by atoms with van der Waals surface area (Å²) in [7, 11) is 0. The second-order valence-corrected chi connectivity index (χ2v) is 4.22. The van der Waals surface area contributed by atoms with Crippen LogP contribution in [0.2, 0.25) is 5.02 Å². The maximum Gasteiger partial charge on any atom is 0.123 e. The van der Waals surface area contributed by atoms with Crippen molar-refractivity contribution in [2.75, 3.05) is 0 Å². The first-order valence-electron chi connectivity index (χ1n) is 4.76. The largest absolute Gasteiger partial charge is 0.507 e. The van der Waals surface area contributed by atoms with Crippen LogP contribution in [-0.2, 0) is 0 Å². The van der Waals surface area contributed by atoms with Crippen LogP contribution < -0.4 is 0 Å². The van der Waals surface area contributed by atoms with Gasteiger partial charge in [-0.25, -0.2) is 0 Å². The molecule has 0 fully saturated rings. The van der Waals surface area contributed by atoms with Crippen LogP contribution in [0.5, 0.6) is 5.75 Å². The topological polar surface area (TPSA) is 33.1 Å². The second kappa shape index (κ2) is 3.38. The van der Waals surface area contributed by atoms with Crippen LogP contribution in [0.25, 0.3) is 10.9 Å². The van der Waals surface area contributed by atoms with Crippen LogP contribution in [0.15, 0.2) is 12.1 Å². The number of aromatic nitrogens is 1. The van der Waals surface area contributed by atoms with Crippen LogP contribution in [0.4, 0.5) is 0 Å². The van der Waals surface area contributed by atoms with Crippen molar-refractivity contribution < 1.29 is 5.11 Å². The van der Waals surface area contributed by atoms with Crippen molar-refractivity contribution in [3.8, 4) is 5.75 Å². The lowest BCUT2D eigenvalue weighted by Crippen LogP contribution is -1.90. The van der Waals surface area contributed by atoms with Crippen molar-refractivity contribution >= 4 is 22.5 Å². The van der Waals surface area contributed by atoms with E-state index in [0.29, 0.717) is 10.8 Å². The van der Waals surface area contributed by atoms with Crippen molar-refractivity contribution in [1.29, 1.82) is 0 Å². The minimum atomic E-state index is 0.302. The minimum Gasteiger partial charge on any atom is -0.507 e. The molecule has 0 radical (unpaired) electrons. The number of phenols is 1. The van der Waals surface area contributed by atoms with Gasteiger partial charge in [0.25, 0.3) is 0 Å². The number of aryl methyl sites for hydroxylation is 3. The Kier molecular flexibility index (Phi) is 2.31. The Hall–Kier alpha value is -1.28. The molecule has 0 bridgehead atoms. The lowest BCUT2D eigenvalue weighted by molar-refractivity contribution is 0.468. The van der Waals surface area contributed by atoms with Crippen LogP contribution in [0.3, 0.4) is 0 Å². The molecule has 1 aromatic carbocycles. The van der Waals surface area contributed by atoms with E-state index in [1.807, 2.05) is 32.9 Å². The Morgan fingerprint density at radius 2 is 1.87 bits per heavy atom. The van der Waals surface area contributed by atoms with E-state index < -0.39 is 0 Å². The zero-order valence-electron chi connectivity index (χ0n) is 8.93. The maximum atomic E-state index is 9.80. The average molecular weight is 222 g/mol. The Morgan fingerprint density at radius 3 is 2.53 bits per heavy atom. The molecule has 0 aliphatic carbocycles. The summed E-state index contributed by atoms with van der Waals surface area (Å²) in [5, 5.41) is 11.4. The third-order valence-corrected chi connectivity index (χ3v) is 2.89. The monoisotopic (exact) mass is 221 g/mol. The summed E-state index contributed by atoms with van der Waals surface area (Å²) < 4.78 is 0. The first kappa shape index (κ1) is 10.2. The van der Waals surface area contributed by atoms with Crippen LogP contribution in [-0.4, -0.2) is 10.1 Å². The van der Waals surface area contributed by atoms with Gasteiger partial charge < -0.3 is 5.11 Å². The molecule has 0 saturated heterocycles. The van der Waals surface area contributed by atoms with E-state index in [4.69, 9.17) is 11.6 Å². The molecule has 0 amide bonds. The third-order valence-electron chi connectivity index (χ3n) is 2.58. The number of phenolic OH excluding ortho intramolecular Hbond substituents is 1. The number of rotatable bonds is 0. The fourth-order valence-electron chi connectivity index (χ4n) is 1.76. The normalized spacial score (nSPS) is 10.9. The maximum absolute atomic E-state index is 9.80. The molecule has 2 nitrogen and oxygen atoms in total. The summed E-state index contributed by atoms with van der Waals surface area (Å²) in [6, 6.07) is 3.70. The molecule has 15 heavy (non-hydrogen) atoms. The van der Waals surface area contributed by atoms with Gasteiger partial charge >= 0.3 is 0 Å². The fraction of sp³-hybridized carbons (Fsp3) is 0.250.